The summed E-state index contributed by atoms with van der Waals surface area (Å²) in [7, 11) is 1.54. The highest BCUT2D eigenvalue weighted by molar-refractivity contribution is 5.98. The van der Waals surface area contributed by atoms with Crippen molar-refractivity contribution < 1.29 is 14.3 Å². The zero-order valence-electron chi connectivity index (χ0n) is 9.24. The minimum atomic E-state index is 0.435. The minimum Gasteiger partial charge on any atom is -0.494 e. The number of hydrogen-bond donors (Lipinski definition) is 1. The molecular formula is C12H13NO3. The molecule has 2 aromatic rings. The number of aromatic amines is 1. The minimum absolute atomic E-state index is 0.435. The molecule has 1 heterocycles. The van der Waals surface area contributed by atoms with Gasteiger partial charge in [-0.2, -0.15) is 0 Å². The topological polar surface area (TPSA) is 51.3 Å². The Bertz CT molecular complexity index is 516. The number of aldehydes is 1. The molecule has 4 nitrogen and oxygen atoms in total. The molecule has 1 aromatic carbocycles. The van der Waals surface area contributed by atoms with Crippen LogP contribution in [-0.2, 0) is 0 Å². The third kappa shape index (κ3) is 1.52. The summed E-state index contributed by atoms with van der Waals surface area (Å²) < 4.78 is 10.7. The number of hydrogen-bond acceptors (Lipinski definition) is 3. The van der Waals surface area contributed by atoms with E-state index in [0.29, 0.717) is 18.1 Å². The van der Waals surface area contributed by atoms with E-state index in [1.54, 1.807) is 7.11 Å². The first-order valence-corrected chi connectivity index (χ1v) is 5.08. The molecule has 0 radical (unpaired) electrons. The maximum Gasteiger partial charge on any atom is 0.170 e. The van der Waals surface area contributed by atoms with Gasteiger partial charge in [0.05, 0.1) is 19.2 Å². The number of H-pyrrole nitrogens is 1. The summed E-state index contributed by atoms with van der Waals surface area (Å²) >= 11 is 0. The van der Waals surface area contributed by atoms with Crippen LogP contribution in [0.25, 0.3) is 10.9 Å². The van der Waals surface area contributed by atoms with Gasteiger partial charge in [0.25, 0.3) is 0 Å². The van der Waals surface area contributed by atoms with E-state index >= 15 is 0 Å². The fourth-order valence-corrected chi connectivity index (χ4v) is 1.76. The summed E-state index contributed by atoms with van der Waals surface area (Å²) in [6.07, 6.45) is 0.745. The summed E-state index contributed by atoms with van der Waals surface area (Å²) in [5.74, 6) is 1.29. The molecule has 0 spiro atoms. The van der Waals surface area contributed by atoms with Crippen molar-refractivity contribution in [3.63, 3.8) is 0 Å². The van der Waals surface area contributed by atoms with Crippen LogP contribution in [0.4, 0.5) is 0 Å². The number of rotatable bonds is 4. The number of benzene rings is 1. The van der Waals surface area contributed by atoms with Gasteiger partial charge >= 0.3 is 0 Å². The van der Waals surface area contributed by atoms with Crippen molar-refractivity contribution in [3.05, 3.63) is 23.9 Å². The maximum atomic E-state index is 10.9. The molecule has 0 unspecified atom stereocenters. The maximum absolute atomic E-state index is 10.9. The Labute approximate surface area is 93.2 Å². The molecule has 0 amide bonds. The third-order valence-electron chi connectivity index (χ3n) is 2.40. The normalized spacial score (nSPS) is 10.4. The van der Waals surface area contributed by atoms with Crippen LogP contribution in [0.15, 0.2) is 18.2 Å². The van der Waals surface area contributed by atoms with Gasteiger partial charge in [0.1, 0.15) is 11.4 Å². The van der Waals surface area contributed by atoms with Crippen LogP contribution < -0.4 is 9.47 Å². The van der Waals surface area contributed by atoms with Crippen LogP contribution >= 0.6 is 0 Å². The summed E-state index contributed by atoms with van der Waals surface area (Å²) in [6, 6.07) is 5.62. The van der Waals surface area contributed by atoms with Gasteiger partial charge < -0.3 is 14.5 Å². The largest absolute Gasteiger partial charge is 0.494 e. The molecule has 0 saturated heterocycles. The van der Waals surface area contributed by atoms with Gasteiger partial charge in [0, 0.05) is 5.39 Å². The van der Waals surface area contributed by atoms with Crippen molar-refractivity contribution in [2.45, 2.75) is 6.92 Å². The number of carbonyl (C=O) groups is 1. The van der Waals surface area contributed by atoms with Gasteiger partial charge in [-0.25, -0.2) is 0 Å². The molecule has 4 heteroatoms. The summed E-state index contributed by atoms with van der Waals surface area (Å²) in [4.78, 5) is 13.9. The SMILES string of the molecule is CCOc1cccc2c(OC)c(C=O)[nH]c12. The second-order valence-electron chi connectivity index (χ2n) is 3.30. The van der Waals surface area contributed by atoms with E-state index in [-0.39, 0.29) is 0 Å². The average molecular weight is 219 g/mol. The number of carbonyl (C=O) groups excluding carboxylic acids is 1. The van der Waals surface area contributed by atoms with Crippen molar-refractivity contribution in [2.24, 2.45) is 0 Å². The lowest BCUT2D eigenvalue weighted by Crippen LogP contribution is -1.91. The number of ether oxygens (including phenoxy) is 2. The first-order valence-electron chi connectivity index (χ1n) is 5.08. The van der Waals surface area contributed by atoms with E-state index in [4.69, 9.17) is 9.47 Å². The standard InChI is InChI=1S/C12H13NO3/c1-3-16-10-6-4-5-8-11(10)13-9(7-14)12(8)15-2/h4-7,13H,3H2,1-2H3. The predicted molar refractivity (Wildman–Crippen MR) is 61.4 cm³/mol. The fourth-order valence-electron chi connectivity index (χ4n) is 1.76. The number of para-hydroxylation sites is 1. The first-order chi connectivity index (χ1) is 7.81. The Morgan fingerprint density at radius 2 is 2.25 bits per heavy atom. The number of nitrogens with one attached hydrogen (secondary N) is 1. The van der Waals surface area contributed by atoms with E-state index in [1.807, 2.05) is 25.1 Å². The lowest BCUT2D eigenvalue weighted by molar-refractivity contribution is 0.111. The van der Waals surface area contributed by atoms with Gasteiger partial charge in [-0.15, -0.1) is 0 Å². The first kappa shape index (κ1) is 10.5. The molecule has 1 aromatic heterocycles. The quantitative estimate of drug-likeness (QED) is 0.803. The van der Waals surface area contributed by atoms with Gasteiger partial charge in [-0.1, -0.05) is 6.07 Å². The Morgan fingerprint density at radius 1 is 1.44 bits per heavy atom. The molecule has 0 fully saturated rings. The average Bonchev–Trinajstić information content (AvgIpc) is 2.68. The van der Waals surface area contributed by atoms with E-state index in [2.05, 4.69) is 4.98 Å². The molecule has 0 aliphatic carbocycles. The second kappa shape index (κ2) is 4.26. The lowest BCUT2D eigenvalue weighted by atomic mass is 10.2. The Hall–Kier alpha value is -1.97. The van der Waals surface area contributed by atoms with Crippen molar-refractivity contribution in [1.82, 2.24) is 4.98 Å². The van der Waals surface area contributed by atoms with E-state index in [9.17, 15) is 4.79 Å². The summed E-state index contributed by atoms with van der Waals surface area (Å²) in [5.41, 5.74) is 1.23. The van der Waals surface area contributed by atoms with E-state index in [0.717, 1.165) is 22.9 Å². The molecule has 0 atom stereocenters. The highest BCUT2D eigenvalue weighted by Gasteiger charge is 2.14. The highest BCUT2D eigenvalue weighted by Crippen LogP contribution is 2.34. The van der Waals surface area contributed by atoms with Crippen molar-refractivity contribution >= 4 is 17.2 Å². The van der Waals surface area contributed by atoms with Gasteiger partial charge in [0.15, 0.2) is 12.0 Å². The Balaban J connectivity index is 2.69. The van der Waals surface area contributed by atoms with Gasteiger partial charge in [-0.05, 0) is 19.1 Å². The Kier molecular flexibility index (Phi) is 2.81. The smallest absolute Gasteiger partial charge is 0.170 e. The molecule has 16 heavy (non-hydrogen) atoms. The lowest BCUT2D eigenvalue weighted by Gasteiger charge is -2.03. The number of methoxy groups -OCH3 is 1. The fraction of sp³-hybridized carbons (Fsp3) is 0.250. The van der Waals surface area contributed by atoms with E-state index in [1.165, 1.54) is 0 Å². The van der Waals surface area contributed by atoms with Crippen molar-refractivity contribution in [2.75, 3.05) is 13.7 Å². The van der Waals surface area contributed by atoms with Crippen LogP contribution in [0.1, 0.15) is 17.4 Å². The van der Waals surface area contributed by atoms with Crippen LogP contribution in [0.5, 0.6) is 11.5 Å². The summed E-state index contributed by atoms with van der Waals surface area (Å²) in [5, 5.41) is 0.857. The van der Waals surface area contributed by atoms with E-state index < -0.39 is 0 Å². The monoisotopic (exact) mass is 219 g/mol. The van der Waals surface area contributed by atoms with Crippen molar-refractivity contribution in [3.8, 4) is 11.5 Å². The summed E-state index contributed by atoms with van der Waals surface area (Å²) in [6.45, 7) is 2.50. The molecule has 84 valence electrons. The number of aromatic nitrogens is 1. The predicted octanol–water partition coefficient (Wildman–Crippen LogP) is 2.39. The third-order valence-corrected chi connectivity index (χ3v) is 2.40. The molecule has 0 bridgehead atoms. The zero-order chi connectivity index (χ0) is 11.5. The Morgan fingerprint density at radius 3 is 2.88 bits per heavy atom. The molecule has 2 rings (SSSR count). The van der Waals surface area contributed by atoms with Crippen LogP contribution in [-0.4, -0.2) is 25.0 Å². The second-order valence-corrected chi connectivity index (χ2v) is 3.30. The molecular weight excluding hydrogens is 206 g/mol. The van der Waals surface area contributed by atoms with Gasteiger partial charge in [-0.3, -0.25) is 4.79 Å². The zero-order valence-corrected chi connectivity index (χ0v) is 9.24. The highest BCUT2D eigenvalue weighted by atomic mass is 16.5. The van der Waals surface area contributed by atoms with Crippen LogP contribution in [0.3, 0.4) is 0 Å². The molecule has 0 aliphatic rings. The van der Waals surface area contributed by atoms with Crippen LogP contribution in [0.2, 0.25) is 0 Å². The number of fused-ring (bicyclic) bond motifs is 1. The molecule has 0 aliphatic heterocycles. The van der Waals surface area contributed by atoms with Crippen LogP contribution in [0, 0.1) is 0 Å². The van der Waals surface area contributed by atoms with Crippen molar-refractivity contribution in [1.29, 1.82) is 0 Å². The van der Waals surface area contributed by atoms with Gasteiger partial charge in [0.2, 0.25) is 0 Å². The molecule has 1 N–H and O–H groups in total. The molecule has 0 saturated carbocycles.